The van der Waals surface area contributed by atoms with E-state index in [1.54, 1.807) is 0 Å². The number of hydrogen-bond donors (Lipinski definition) is 1. The van der Waals surface area contributed by atoms with E-state index in [0.717, 1.165) is 10.2 Å². The van der Waals surface area contributed by atoms with Gasteiger partial charge in [0.15, 0.2) is 5.01 Å². The number of carbonyl (C=O) groups is 1. The van der Waals surface area contributed by atoms with Crippen molar-refractivity contribution in [3.8, 4) is 0 Å². The summed E-state index contributed by atoms with van der Waals surface area (Å²) in [6, 6.07) is 7.27. The lowest BCUT2D eigenvalue weighted by Gasteiger charge is -2.11. The van der Waals surface area contributed by atoms with Gasteiger partial charge in [-0.25, -0.2) is 4.98 Å². The van der Waals surface area contributed by atoms with E-state index in [2.05, 4.69) is 4.98 Å². The Morgan fingerprint density at radius 3 is 2.69 bits per heavy atom. The molecule has 0 spiro atoms. The van der Waals surface area contributed by atoms with Crippen molar-refractivity contribution in [2.24, 2.45) is 11.7 Å². The Bertz CT molecular complexity index is 485. The molecule has 1 atom stereocenters. The Kier molecular flexibility index (Phi) is 3.03. The molecule has 0 saturated carbocycles. The maximum Gasteiger partial charge on any atom is 0.208 e. The molecule has 0 aliphatic heterocycles. The van der Waals surface area contributed by atoms with Crippen LogP contribution in [0.5, 0.6) is 0 Å². The third kappa shape index (κ3) is 1.99. The fourth-order valence-electron chi connectivity index (χ4n) is 1.42. The van der Waals surface area contributed by atoms with Gasteiger partial charge in [-0.1, -0.05) is 26.0 Å². The minimum Gasteiger partial charge on any atom is -0.321 e. The highest BCUT2D eigenvalue weighted by Gasteiger charge is 2.22. The zero-order valence-electron chi connectivity index (χ0n) is 9.31. The second kappa shape index (κ2) is 4.31. The van der Waals surface area contributed by atoms with Crippen LogP contribution in [0.15, 0.2) is 24.3 Å². The highest BCUT2D eigenvalue weighted by atomic mass is 32.1. The molecule has 0 aliphatic rings. The van der Waals surface area contributed by atoms with Gasteiger partial charge in [-0.15, -0.1) is 11.3 Å². The van der Waals surface area contributed by atoms with Crippen molar-refractivity contribution in [1.82, 2.24) is 4.98 Å². The van der Waals surface area contributed by atoms with E-state index < -0.39 is 6.04 Å². The van der Waals surface area contributed by atoms with Gasteiger partial charge in [0.2, 0.25) is 5.78 Å². The lowest BCUT2D eigenvalue weighted by atomic mass is 10.0. The molecule has 16 heavy (non-hydrogen) atoms. The summed E-state index contributed by atoms with van der Waals surface area (Å²) >= 11 is 1.41. The minimum atomic E-state index is -0.458. The van der Waals surface area contributed by atoms with E-state index in [1.807, 2.05) is 38.1 Å². The Morgan fingerprint density at radius 1 is 1.38 bits per heavy atom. The van der Waals surface area contributed by atoms with Crippen LogP contribution >= 0.6 is 11.3 Å². The average Bonchev–Trinajstić information content (AvgIpc) is 2.70. The van der Waals surface area contributed by atoms with Crippen LogP contribution in [0, 0.1) is 5.92 Å². The molecule has 0 unspecified atom stereocenters. The van der Waals surface area contributed by atoms with E-state index in [0.29, 0.717) is 5.01 Å². The first kappa shape index (κ1) is 11.2. The molecule has 0 saturated heterocycles. The van der Waals surface area contributed by atoms with Crippen LogP contribution in [0.2, 0.25) is 0 Å². The molecule has 3 nitrogen and oxygen atoms in total. The SMILES string of the molecule is CC(C)[C@H](N)C(=O)c1nc2ccccc2s1. The van der Waals surface area contributed by atoms with Gasteiger partial charge >= 0.3 is 0 Å². The average molecular weight is 234 g/mol. The molecule has 2 aromatic rings. The van der Waals surface area contributed by atoms with Crippen LogP contribution in [0.1, 0.15) is 23.6 Å². The van der Waals surface area contributed by atoms with Gasteiger partial charge in [-0.3, -0.25) is 4.79 Å². The van der Waals surface area contributed by atoms with E-state index in [4.69, 9.17) is 5.73 Å². The number of rotatable bonds is 3. The van der Waals surface area contributed by atoms with Crippen molar-refractivity contribution in [2.75, 3.05) is 0 Å². The van der Waals surface area contributed by atoms with E-state index in [9.17, 15) is 4.79 Å². The predicted octanol–water partition coefficient (Wildman–Crippen LogP) is 2.46. The van der Waals surface area contributed by atoms with Gasteiger partial charge in [0.1, 0.15) is 0 Å². The third-order valence-electron chi connectivity index (χ3n) is 2.53. The van der Waals surface area contributed by atoms with Crippen molar-refractivity contribution >= 4 is 27.3 Å². The monoisotopic (exact) mass is 234 g/mol. The van der Waals surface area contributed by atoms with Gasteiger partial charge in [0.05, 0.1) is 16.3 Å². The Balaban J connectivity index is 2.37. The zero-order valence-corrected chi connectivity index (χ0v) is 10.1. The van der Waals surface area contributed by atoms with E-state index >= 15 is 0 Å². The van der Waals surface area contributed by atoms with Gasteiger partial charge < -0.3 is 5.73 Å². The van der Waals surface area contributed by atoms with Crippen LogP contribution in [-0.2, 0) is 0 Å². The molecule has 4 heteroatoms. The molecule has 1 heterocycles. The Morgan fingerprint density at radius 2 is 2.06 bits per heavy atom. The zero-order chi connectivity index (χ0) is 11.7. The van der Waals surface area contributed by atoms with Crippen LogP contribution in [0.25, 0.3) is 10.2 Å². The first-order valence-electron chi connectivity index (χ1n) is 5.25. The number of aromatic nitrogens is 1. The molecule has 0 fully saturated rings. The highest BCUT2D eigenvalue weighted by molar-refractivity contribution is 7.20. The summed E-state index contributed by atoms with van der Waals surface area (Å²) in [5.41, 5.74) is 6.70. The number of fused-ring (bicyclic) bond motifs is 1. The second-order valence-electron chi connectivity index (χ2n) is 4.12. The first-order chi connectivity index (χ1) is 7.59. The molecular formula is C12H14N2OS. The summed E-state index contributed by atoms with van der Waals surface area (Å²) in [5.74, 6) is 0.0794. The smallest absolute Gasteiger partial charge is 0.208 e. The normalized spacial score (nSPS) is 13.2. The van der Waals surface area contributed by atoms with Crippen LogP contribution in [0.4, 0.5) is 0 Å². The molecular weight excluding hydrogens is 220 g/mol. The summed E-state index contributed by atoms with van der Waals surface area (Å²) in [7, 11) is 0. The lowest BCUT2D eigenvalue weighted by Crippen LogP contribution is -2.35. The number of para-hydroxylation sites is 1. The van der Waals surface area contributed by atoms with Crippen LogP contribution in [-0.4, -0.2) is 16.8 Å². The lowest BCUT2D eigenvalue weighted by molar-refractivity contribution is 0.0940. The maximum absolute atomic E-state index is 12.0. The number of thiazole rings is 1. The Labute approximate surface area is 98.3 Å². The number of nitrogens with two attached hydrogens (primary N) is 1. The number of Topliss-reactive ketones (excluding diaryl/α,β-unsaturated/α-hetero) is 1. The second-order valence-corrected chi connectivity index (χ2v) is 5.15. The summed E-state index contributed by atoms with van der Waals surface area (Å²) in [6.45, 7) is 3.88. The number of hydrogen-bond acceptors (Lipinski definition) is 4. The topological polar surface area (TPSA) is 56.0 Å². The van der Waals surface area contributed by atoms with Gasteiger partial charge in [0.25, 0.3) is 0 Å². The quantitative estimate of drug-likeness (QED) is 0.830. The van der Waals surface area contributed by atoms with Gasteiger partial charge in [-0.2, -0.15) is 0 Å². The molecule has 0 radical (unpaired) electrons. The molecule has 1 aromatic carbocycles. The van der Waals surface area contributed by atoms with Crippen molar-refractivity contribution in [1.29, 1.82) is 0 Å². The molecule has 1 aromatic heterocycles. The summed E-state index contributed by atoms with van der Waals surface area (Å²) < 4.78 is 1.03. The van der Waals surface area contributed by atoms with Crippen LogP contribution < -0.4 is 5.73 Å². The van der Waals surface area contributed by atoms with Crippen molar-refractivity contribution < 1.29 is 4.79 Å². The predicted molar refractivity (Wildman–Crippen MR) is 66.8 cm³/mol. The van der Waals surface area contributed by atoms with Crippen LogP contribution in [0.3, 0.4) is 0 Å². The van der Waals surface area contributed by atoms with Crippen molar-refractivity contribution in [3.63, 3.8) is 0 Å². The minimum absolute atomic E-state index is 0.0591. The number of carbonyl (C=O) groups excluding carboxylic acids is 1. The summed E-state index contributed by atoms with van der Waals surface area (Å²) in [4.78, 5) is 16.3. The molecule has 2 N–H and O–H groups in total. The number of nitrogens with zero attached hydrogens (tertiary/aromatic N) is 1. The number of benzene rings is 1. The largest absolute Gasteiger partial charge is 0.321 e. The van der Waals surface area contributed by atoms with Gasteiger partial charge in [0, 0.05) is 0 Å². The molecule has 0 amide bonds. The molecule has 0 aliphatic carbocycles. The molecule has 2 rings (SSSR count). The first-order valence-corrected chi connectivity index (χ1v) is 6.06. The Hall–Kier alpha value is -1.26. The van der Waals surface area contributed by atoms with Crippen molar-refractivity contribution in [2.45, 2.75) is 19.9 Å². The summed E-state index contributed by atoms with van der Waals surface area (Å²) in [5, 5.41) is 0.516. The fraction of sp³-hybridized carbons (Fsp3) is 0.333. The standard InChI is InChI=1S/C12H14N2OS/c1-7(2)10(13)11(15)12-14-8-5-3-4-6-9(8)16-12/h3-7,10H,13H2,1-2H3/t10-/m0/s1. The van der Waals surface area contributed by atoms with Gasteiger partial charge in [-0.05, 0) is 18.1 Å². The molecule has 84 valence electrons. The fourth-order valence-corrected chi connectivity index (χ4v) is 2.38. The highest BCUT2D eigenvalue weighted by Crippen LogP contribution is 2.23. The molecule has 0 bridgehead atoms. The van der Waals surface area contributed by atoms with Crippen molar-refractivity contribution in [3.05, 3.63) is 29.3 Å². The number of ketones is 1. The van der Waals surface area contributed by atoms with E-state index in [-0.39, 0.29) is 11.7 Å². The third-order valence-corrected chi connectivity index (χ3v) is 3.58. The van der Waals surface area contributed by atoms with E-state index in [1.165, 1.54) is 11.3 Å². The summed E-state index contributed by atoms with van der Waals surface area (Å²) in [6.07, 6.45) is 0. The maximum atomic E-state index is 12.0.